The molecule has 0 atom stereocenters. The minimum Gasteiger partial charge on any atom is -0.492 e. The molecule has 0 saturated heterocycles. The van der Waals surface area contributed by atoms with Gasteiger partial charge in [-0.2, -0.15) is 0 Å². The molecule has 0 spiro atoms. The van der Waals surface area contributed by atoms with Crippen molar-refractivity contribution in [2.45, 2.75) is 13.3 Å². The highest BCUT2D eigenvalue weighted by molar-refractivity contribution is 7.19. The Morgan fingerprint density at radius 2 is 2.04 bits per heavy atom. The van der Waals surface area contributed by atoms with Crippen LogP contribution in [0, 0.1) is 0 Å². The summed E-state index contributed by atoms with van der Waals surface area (Å²) in [5.41, 5.74) is 2.25. The lowest BCUT2D eigenvalue weighted by molar-refractivity contribution is -0.135. The van der Waals surface area contributed by atoms with Gasteiger partial charge in [0.15, 0.2) is 11.5 Å². The number of aromatic nitrogens is 1. The summed E-state index contributed by atoms with van der Waals surface area (Å²) in [6.45, 7) is 2.42. The topological polar surface area (TPSA) is 68.7 Å². The van der Waals surface area contributed by atoms with Crippen molar-refractivity contribution < 1.29 is 19.4 Å². The van der Waals surface area contributed by atoms with E-state index < -0.39 is 5.97 Å². The molecule has 5 nitrogen and oxygen atoms in total. The third-order valence-corrected chi connectivity index (χ3v) is 4.87. The van der Waals surface area contributed by atoms with Crippen LogP contribution in [-0.2, 0) is 4.79 Å². The number of rotatable bonds is 7. The van der Waals surface area contributed by atoms with Crippen LogP contribution in [0.3, 0.4) is 0 Å². The Bertz CT molecular complexity index is 928. The second kappa shape index (κ2) is 8.01. The van der Waals surface area contributed by atoms with E-state index >= 15 is 0 Å². The lowest BCUT2D eigenvalue weighted by atomic mass is 10.1. The molecular formula is C20H19NO4S. The van der Waals surface area contributed by atoms with E-state index in [4.69, 9.17) is 9.47 Å². The van der Waals surface area contributed by atoms with E-state index in [0.29, 0.717) is 28.7 Å². The van der Waals surface area contributed by atoms with Crippen LogP contribution in [0.1, 0.15) is 23.9 Å². The van der Waals surface area contributed by atoms with Gasteiger partial charge in [-0.05, 0) is 36.8 Å². The molecule has 1 aromatic heterocycles. The molecule has 2 aromatic carbocycles. The average Bonchev–Trinajstić information content (AvgIpc) is 3.05. The fourth-order valence-electron chi connectivity index (χ4n) is 2.68. The molecule has 0 aliphatic heterocycles. The molecule has 134 valence electrons. The Morgan fingerprint density at radius 3 is 2.73 bits per heavy atom. The van der Waals surface area contributed by atoms with Gasteiger partial charge in [-0.1, -0.05) is 24.3 Å². The van der Waals surface area contributed by atoms with Crippen LogP contribution in [0.2, 0.25) is 0 Å². The highest BCUT2D eigenvalue weighted by Crippen LogP contribution is 2.36. The molecule has 0 aliphatic carbocycles. The summed E-state index contributed by atoms with van der Waals surface area (Å²) in [6, 6.07) is 13.3. The zero-order valence-corrected chi connectivity index (χ0v) is 15.4. The van der Waals surface area contributed by atoms with Crippen molar-refractivity contribution in [2.24, 2.45) is 0 Å². The van der Waals surface area contributed by atoms with Gasteiger partial charge in [-0.25, -0.2) is 4.98 Å². The number of carboxylic acid groups (broad SMARTS) is 1. The molecular weight excluding hydrogens is 350 g/mol. The largest absolute Gasteiger partial charge is 0.492 e. The second-order valence-electron chi connectivity index (χ2n) is 5.54. The van der Waals surface area contributed by atoms with Gasteiger partial charge in [0.05, 0.1) is 30.4 Å². The lowest BCUT2D eigenvalue weighted by Crippen LogP contribution is -1.99. The number of thiazole rings is 1. The van der Waals surface area contributed by atoms with Gasteiger partial charge in [-0.15, -0.1) is 11.3 Å². The van der Waals surface area contributed by atoms with Crippen molar-refractivity contribution in [1.29, 1.82) is 0 Å². The van der Waals surface area contributed by atoms with Gasteiger partial charge in [-0.3, -0.25) is 4.79 Å². The summed E-state index contributed by atoms with van der Waals surface area (Å²) in [5.74, 6) is 0.302. The van der Waals surface area contributed by atoms with E-state index in [-0.39, 0.29) is 6.42 Å². The minimum absolute atomic E-state index is 0.123. The van der Waals surface area contributed by atoms with Crippen LogP contribution >= 0.6 is 11.3 Å². The fraction of sp³-hybridized carbons (Fsp3) is 0.200. The average molecular weight is 369 g/mol. The molecule has 0 saturated carbocycles. The van der Waals surface area contributed by atoms with Crippen LogP contribution < -0.4 is 9.47 Å². The zero-order valence-electron chi connectivity index (χ0n) is 14.6. The Labute approximate surface area is 155 Å². The highest BCUT2D eigenvalue weighted by atomic mass is 32.1. The van der Waals surface area contributed by atoms with E-state index in [0.717, 1.165) is 15.8 Å². The number of hydrogen-bond donors (Lipinski definition) is 1. The molecule has 6 heteroatoms. The Balaban J connectivity index is 2.10. The smallest absolute Gasteiger partial charge is 0.307 e. The number of aliphatic carboxylic acids is 1. The zero-order chi connectivity index (χ0) is 18.5. The van der Waals surface area contributed by atoms with Crippen molar-refractivity contribution in [3.05, 3.63) is 53.0 Å². The monoisotopic (exact) mass is 369 g/mol. The molecule has 0 radical (unpaired) electrons. The second-order valence-corrected chi connectivity index (χ2v) is 6.57. The molecule has 0 amide bonds. The maximum absolute atomic E-state index is 11.4. The molecule has 26 heavy (non-hydrogen) atoms. The third kappa shape index (κ3) is 3.86. The molecule has 3 aromatic rings. The summed E-state index contributed by atoms with van der Waals surface area (Å²) >= 11 is 1.48. The lowest BCUT2D eigenvalue weighted by Gasteiger charge is -2.12. The maximum atomic E-state index is 11.4. The summed E-state index contributed by atoms with van der Waals surface area (Å²) in [5, 5.41) is 10.0. The Hall–Kier alpha value is -2.86. The van der Waals surface area contributed by atoms with Gasteiger partial charge >= 0.3 is 5.97 Å². The molecule has 0 bridgehead atoms. The van der Waals surface area contributed by atoms with Crippen molar-refractivity contribution in [3.8, 4) is 11.5 Å². The van der Waals surface area contributed by atoms with Crippen molar-refractivity contribution in [3.63, 3.8) is 0 Å². The SMILES string of the molecule is CCOc1cccc(/C=C(\CC(=O)O)c2nc3ccccc3s2)c1OC. The number of carboxylic acids is 1. The predicted molar refractivity (Wildman–Crippen MR) is 104 cm³/mol. The minimum atomic E-state index is -0.907. The van der Waals surface area contributed by atoms with E-state index in [1.54, 1.807) is 7.11 Å². The number of nitrogens with zero attached hydrogens (tertiary/aromatic N) is 1. The quantitative estimate of drug-likeness (QED) is 0.653. The van der Waals surface area contributed by atoms with Gasteiger partial charge in [0.2, 0.25) is 0 Å². The Kier molecular flexibility index (Phi) is 5.53. The number of methoxy groups -OCH3 is 1. The van der Waals surface area contributed by atoms with Crippen LogP contribution in [0.15, 0.2) is 42.5 Å². The standard InChI is InChI=1S/C20H19NO4S/c1-3-25-16-9-6-7-13(19(16)24-2)11-14(12-18(22)23)20-21-15-8-4-5-10-17(15)26-20/h4-11H,3,12H2,1-2H3,(H,22,23)/b14-11+. The fourth-order valence-corrected chi connectivity index (χ4v) is 3.66. The number of carbonyl (C=O) groups is 1. The van der Waals surface area contributed by atoms with Crippen molar-refractivity contribution >= 4 is 39.2 Å². The predicted octanol–water partition coefficient (Wildman–Crippen LogP) is 4.72. The van der Waals surface area contributed by atoms with E-state index in [2.05, 4.69) is 4.98 Å². The molecule has 0 aliphatic rings. The number of hydrogen-bond acceptors (Lipinski definition) is 5. The molecule has 0 fully saturated rings. The highest BCUT2D eigenvalue weighted by Gasteiger charge is 2.15. The Morgan fingerprint density at radius 1 is 1.23 bits per heavy atom. The summed E-state index contributed by atoms with van der Waals surface area (Å²) in [6.07, 6.45) is 1.69. The first-order valence-corrected chi connectivity index (χ1v) is 9.02. The van der Waals surface area contributed by atoms with E-state index in [9.17, 15) is 9.90 Å². The molecule has 0 unspecified atom stereocenters. The summed E-state index contributed by atoms with van der Waals surface area (Å²) in [4.78, 5) is 16.0. The first-order valence-electron chi connectivity index (χ1n) is 8.20. The summed E-state index contributed by atoms with van der Waals surface area (Å²) in [7, 11) is 1.57. The molecule has 1 heterocycles. The van der Waals surface area contributed by atoms with Gasteiger partial charge < -0.3 is 14.6 Å². The van der Waals surface area contributed by atoms with E-state index in [1.165, 1.54) is 11.3 Å². The van der Waals surface area contributed by atoms with Crippen LogP contribution in [0.5, 0.6) is 11.5 Å². The number of benzene rings is 2. The normalized spacial score (nSPS) is 11.5. The van der Waals surface area contributed by atoms with Gasteiger partial charge in [0, 0.05) is 5.56 Å². The number of ether oxygens (including phenoxy) is 2. The van der Waals surface area contributed by atoms with E-state index in [1.807, 2.05) is 55.5 Å². The molecule has 1 N–H and O–H groups in total. The van der Waals surface area contributed by atoms with Gasteiger partial charge in [0.25, 0.3) is 0 Å². The van der Waals surface area contributed by atoms with Crippen LogP contribution in [0.25, 0.3) is 21.9 Å². The van der Waals surface area contributed by atoms with Crippen LogP contribution in [0.4, 0.5) is 0 Å². The molecule has 3 rings (SSSR count). The number of para-hydroxylation sites is 2. The van der Waals surface area contributed by atoms with Crippen molar-refractivity contribution in [1.82, 2.24) is 4.98 Å². The maximum Gasteiger partial charge on any atom is 0.307 e. The van der Waals surface area contributed by atoms with Crippen LogP contribution in [-0.4, -0.2) is 29.8 Å². The number of fused-ring (bicyclic) bond motifs is 1. The van der Waals surface area contributed by atoms with Gasteiger partial charge in [0.1, 0.15) is 5.01 Å². The van der Waals surface area contributed by atoms with Crippen molar-refractivity contribution in [2.75, 3.05) is 13.7 Å². The summed E-state index contributed by atoms with van der Waals surface area (Å²) < 4.78 is 12.1. The first-order chi connectivity index (χ1) is 12.6. The third-order valence-electron chi connectivity index (χ3n) is 3.75. The first kappa shape index (κ1) is 17.9.